The number of hydrogen-bond donors (Lipinski definition) is 2. The first-order valence-corrected chi connectivity index (χ1v) is 6.74. The van der Waals surface area contributed by atoms with E-state index in [1.54, 1.807) is 0 Å². The molecular weight excluding hydrogens is 314 g/mol. The molecule has 1 aromatic heterocycles. The molecular formula is C7H12BrN5O3S. The minimum atomic E-state index is -3.94. The fourth-order valence-electron chi connectivity index (χ4n) is 1.04. The fraction of sp³-hybridized carbons (Fsp3) is 0.571. The van der Waals surface area contributed by atoms with Gasteiger partial charge in [-0.25, -0.2) is 13.1 Å². The molecule has 3 N–H and O–H groups in total. The Kier molecular flexibility index (Phi) is 3.60. The molecule has 1 heterocycles. The minimum Gasteiger partial charge on any atom is -0.368 e. The van der Waals surface area contributed by atoms with Crippen LogP contribution >= 0.6 is 15.9 Å². The zero-order valence-electron chi connectivity index (χ0n) is 9.43. The lowest BCUT2D eigenvalue weighted by molar-refractivity contribution is -0.122. The van der Waals surface area contributed by atoms with Gasteiger partial charge in [0, 0.05) is 7.05 Å². The summed E-state index contributed by atoms with van der Waals surface area (Å²) >= 11 is 2.97. The van der Waals surface area contributed by atoms with Crippen LogP contribution in [-0.4, -0.2) is 34.9 Å². The van der Waals surface area contributed by atoms with Crippen LogP contribution < -0.4 is 10.5 Å². The van der Waals surface area contributed by atoms with E-state index < -0.39 is 21.5 Å². The number of halogens is 1. The van der Waals surface area contributed by atoms with Crippen molar-refractivity contribution in [3.05, 3.63) is 4.60 Å². The van der Waals surface area contributed by atoms with Gasteiger partial charge in [0.25, 0.3) is 10.0 Å². The highest BCUT2D eigenvalue weighted by molar-refractivity contribution is 9.10. The third kappa shape index (κ3) is 2.82. The van der Waals surface area contributed by atoms with Gasteiger partial charge >= 0.3 is 0 Å². The average Bonchev–Trinajstić information content (AvgIpc) is 2.44. The largest absolute Gasteiger partial charge is 0.368 e. The van der Waals surface area contributed by atoms with Gasteiger partial charge in [-0.1, -0.05) is 5.21 Å². The summed E-state index contributed by atoms with van der Waals surface area (Å²) in [6.45, 7) is 2.73. The van der Waals surface area contributed by atoms with E-state index in [1.165, 1.54) is 20.9 Å². The number of hydrogen-bond acceptors (Lipinski definition) is 5. The Morgan fingerprint density at radius 2 is 2.06 bits per heavy atom. The highest BCUT2D eigenvalue weighted by Crippen LogP contribution is 2.19. The van der Waals surface area contributed by atoms with Crippen LogP contribution in [0.1, 0.15) is 13.8 Å². The number of nitrogens with one attached hydrogen (secondary N) is 1. The van der Waals surface area contributed by atoms with Gasteiger partial charge in [0.1, 0.15) is 5.54 Å². The summed E-state index contributed by atoms with van der Waals surface area (Å²) in [5.41, 5.74) is 3.69. The fourth-order valence-corrected chi connectivity index (χ4v) is 3.53. The third-order valence-electron chi connectivity index (χ3n) is 2.00. The Morgan fingerprint density at radius 1 is 1.53 bits per heavy atom. The predicted octanol–water partition coefficient (Wildman–Crippen LogP) is -0.880. The van der Waals surface area contributed by atoms with E-state index in [9.17, 15) is 13.2 Å². The molecule has 1 aromatic rings. The molecule has 0 unspecified atom stereocenters. The molecule has 0 saturated heterocycles. The van der Waals surface area contributed by atoms with Crippen LogP contribution in [0.15, 0.2) is 9.63 Å². The van der Waals surface area contributed by atoms with Crippen LogP contribution in [0.5, 0.6) is 0 Å². The summed E-state index contributed by atoms with van der Waals surface area (Å²) in [6.07, 6.45) is 0. The van der Waals surface area contributed by atoms with Crippen molar-refractivity contribution in [2.75, 3.05) is 0 Å². The first-order chi connectivity index (χ1) is 7.58. The van der Waals surface area contributed by atoms with Crippen LogP contribution in [0.25, 0.3) is 0 Å². The standard InChI is InChI=1S/C7H12BrN5O3S/c1-7(2,6(9)14)11-17(15,16)5-4(8)10-12-13(5)3/h11H,1-3H3,(H2,9,14). The van der Waals surface area contributed by atoms with E-state index in [2.05, 4.69) is 31.0 Å². The monoisotopic (exact) mass is 325 g/mol. The van der Waals surface area contributed by atoms with Crippen molar-refractivity contribution in [3.63, 3.8) is 0 Å². The number of carbonyl (C=O) groups is 1. The van der Waals surface area contributed by atoms with E-state index in [0.29, 0.717) is 0 Å². The van der Waals surface area contributed by atoms with Crippen molar-refractivity contribution in [1.82, 2.24) is 19.7 Å². The van der Waals surface area contributed by atoms with E-state index >= 15 is 0 Å². The SMILES string of the molecule is Cn1nnc(Br)c1S(=O)(=O)NC(C)(C)C(N)=O. The van der Waals surface area contributed by atoms with Gasteiger partial charge in [0.15, 0.2) is 4.60 Å². The Labute approximate surface area is 107 Å². The molecule has 17 heavy (non-hydrogen) atoms. The summed E-state index contributed by atoms with van der Waals surface area (Å²) in [6, 6.07) is 0. The number of nitrogens with zero attached hydrogens (tertiary/aromatic N) is 3. The highest BCUT2D eigenvalue weighted by Gasteiger charge is 2.34. The Bertz CT molecular complexity index is 530. The maximum atomic E-state index is 12.0. The third-order valence-corrected chi connectivity index (χ3v) is 4.54. The first-order valence-electron chi connectivity index (χ1n) is 4.47. The molecule has 0 saturated carbocycles. The molecule has 0 bridgehead atoms. The van der Waals surface area contributed by atoms with Crippen molar-refractivity contribution in [3.8, 4) is 0 Å². The number of sulfonamides is 1. The molecule has 0 spiro atoms. The first kappa shape index (κ1) is 14.1. The van der Waals surface area contributed by atoms with Gasteiger partial charge in [-0.2, -0.15) is 4.72 Å². The molecule has 96 valence electrons. The van der Waals surface area contributed by atoms with Gasteiger partial charge in [0.2, 0.25) is 10.9 Å². The summed E-state index contributed by atoms with van der Waals surface area (Å²) in [5, 5.41) is 6.92. The average molecular weight is 326 g/mol. The van der Waals surface area contributed by atoms with Crippen LogP contribution in [0, 0.1) is 0 Å². The maximum absolute atomic E-state index is 12.0. The molecule has 0 aromatic carbocycles. The van der Waals surface area contributed by atoms with Crippen LogP contribution in [0.2, 0.25) is 0 Å². The van der Waals surface area contributed by atoms with E-state index in [4.69, 9.17) is 5.73 Å². The zero-order valence-corrected chi connectivity index (χ0v) is 11.8. The van der Waals surface area contributed by atoms with Crippen molar-refractivity contribution in [1.29, 1.82) is 0 Å². The van der Waals surface area contributed by atoms with Crippen molar-refractivity contribution in [2.24, 2.45) is 12.8 Å². The number of rotatable bonds is 4. The second-order valence-corrected chi connectivity index (χ2v) is 6.25. The summed E-state index contributed by atoms with van der Waals surface area (Å²) < 4.78 is 27.3. The zero-order chi connectivity index (χ0) is 13.4. The smallest absolute Gasteiger partial charge is 0.261 e. The molecule has 0 aliphatic rings. The molecule has 0 fully saturated rings. The van der Waals surface area contributed by atoms with Crippen molar-refractivity contribution < 1.29 is 13.2 Å². The van der Waals surface area contributed by atoms with Gasteiger partial charge in [-0.05, 0) is 29.8 Å². The number of aryl methyl sites for hydroxylation is 1. The topological polar surface area (TPSA) is 120 Å². The van der Waals surface area contributed by atoms with Crippen LogP contribution in [0.4, 0.5) is 0 Å². The maximum Gasteiger partial charge on any atom is 0.261 e. The number of primary amides is 1. The molecule has 0 radical (unpaired) electrons. The van der Waals surface area contributed by atoms with Gasteiger partial charge in [0.05, 0.1) is 0 Å². The number of carbonyl (C=O) groups excluding carboxylic acids is 1. The summed E-state index contributed by atoms with van der Waals surface area (Å²) in [4.78, 5) is 11.1. The summed E-state index contributed by atoms with van der Waals surface area (Å²) in [5.74, 6) is -0.785. The molecule has 0 aliphatic heterocycles. The van der Waals surface area contributed by atoms with Gasteiger partial charge < -0.3 is 5.73 Å². The Morgan fingerprint density at radius 3 is 2.41 bits per heavy atom. The lowest BCUT2D eigenvalue weighted by Crippen LogP contribution is -2.53. The number of aromatic nitrogens is 3. The van der Waals surface area contributed by atoms with E-state index in [1.807, 2.05) is 0 Å². The molecule has 8 nitrogen and oxygen atoms in total. The molecule has 0 aliphatic carbocycles. The molecule has 1 rings (SSSR count). The van der Waals surface area contributed by atoms with Crippen LogP contribution in [-0.2, 0) is 21.9 Å². The second kappa shape index (κ2) is 4.35. The second-order valence-electron chi connectivity index (χ2n) is 3.90. The van der Waals surface area contributed by atoms with Gasteiger partial charge in [-0.3, -0.25) is 4.79 Å². The van der Waals surface area contributed by atoms with Gasteiger partial charge in [-0.15, -0.1) is 5.10 Å². The quantitative estimate of drug-likeness (QED) is 0.744. The highest BCUT2D eigenvalue weighted by atomic mass is 79.9. The van der Waals surface area contributed by atoms with Crippen LogP contribution in [0.3, 0.4) is 0 Å². The number of amides is 1. The predicted molar refractivity (Wildman–Crippen MR) is 62.3 cm³/mol. The molecule has 10 heteroatoms. The Balaban J connectivity index is 3.19. The molecule has 1 amide bonds. The summed E-state index contributed by atoms with van der Waals surface area (Å²) in [7, 11) is -2.52. The number of nitrogens with two attached hydrogens (primary N) is 1. The van der Waals surface area contributed by atoms with E-state index in [-0.39, 0.29) is 9.63 Å². The Hall–Kier alpha value is -1.00. The lowest BCUT2D eigenvalue weighted by Gasteiger charge is -2.21. The minimum absolute atomic E-state index is 0.0628. The molecule has 0 atom stereocenters. The normalized spacial score (nSPS) is 12.7. The van der Waals surface area contributed by atoms with Crippen molar-refractivity contribution >= 4 is 31.9 Å². The van der Waals surface area contributed by atoms with E-state index in [0.717, 1.165) is 4.68 Å². The van der Waals surface area contributed by atoms with Crippen molar-refractivity contribution in [2.45, 2.75) is 24.4 Å². The lowest BCUT2D eigenvalue weighted by atomic mass is 10.1.